The Balaban J connectivity index is 0.000000148. The van der Waals surface area contributed by atoms with Gasteiger partial charge in [0.25, 0.3) is 0 Å². The largest absolute Gasteiger partial charge is 0.481 e. The van der Waals surface area contributed by atoms with Crippen molar-refractivity contribution in [3.05, 3.63) is 80.1 Å². The standard InChI is InChI=1S/C31H37N7O2S.C26H30N6O2S/c1-36(2)21-5-7-37(8-6-21)26-10-20-14-32-13-19(20)9-25(26)35-29-28-24-4-3-18(11-27(24)41-30(28)34-17-33-29)31(39)38-15-23-12-22(38)16-40-23;1-31(2)18-5-7-32(8-6-18)21-10-17-13-27-12-16(17)9-20(21)30-24-23-19-4-3-15(26(33)34)11-22(19)35-25(23)29-14-28-24/h9-10,13,17-18,21-23H,3-8,11-12,14-16H2,1-2H3,(H,33,34,35);9-10,12,14-15,18H,3-8,11,13H2,1-2H3,(H,33,34)(H,28,29,30)/t18-,22-,23-;15-/m00/s1. The molecule has 4 fully saturated rings. The molecule has 14 rings (SSSR count). The highest BCUT2D eigenvalue weighted by molar-refractivity contribution is 7.19. The summed E-state index contributed by atoms with van der Waals surface area (Å²) in [5.74, 6) is 1.02. The van der Waals surface area contributed by atoms with E-state index in [0.29, 0.717) is 37.4 Å². The van der Waals surface area contributed by atoms with E-state index >= 15 is 0 Å². The second-order valence-corrected chi connectivity index (χ2v) is 24.7. The Kier molecular flexibility index (Phi) is 13.2. The molecule has 19 heteroatoms. The minimum atomic E-state index is -0.708. The third-order valence-corrected chi connectivity index (χ3v) is 20.0. The smallest absolute Gasteiger partial charge is 0.306 e. The van der Waals surface area contributed by atoms with Crippen LogP contribution in [0.4, 0.5) is 34.4 Å². The molecule has 0 radical (unpaired) electrons. The fourth-order valence-electron chi connectivity index (χ4n) is 13.3. The first kappa shape index (κ1) is 49.5. The van der Waals surface area contributed by atoms with Crippen molar-refractivity contribution < 1.29 is 19.4 Å². The van der Waals surface area contributed by atoms with Crippen LogP contribution in [0.2, 0.25) is 0 Å². The van der Waals surface area contributed by atoms with Gasteiger partial charge in [-0.1, -0.05) is 0 Å². The molecule has 17 nitrogen and oxygen atoms in total. The second kappa shape index (κ2) is 20.4. The predicted octanol–water partition coefficient (Wildman–Crippen LogP) is 8.09. The molecule has 0 saturated carbocycles. The Bertz CT molecular complexity index is 3300. The number of nitrogens with zero attached hydrogens (tertiary/aromatic N) is 11. The van der Waals surface area contributed by atoms with Gasteiger partial charge in [0, 0.05) is 72.9 Å². The van der Waals surface area contributed by atoms with Crippen LogP contribution in [-0.2, 0) is 53.1 Å². The van der Waals surface area contributed by atoms with Gasteiger partial charge in [0.15, 0.2) is 0 Å². The lowest BCUT2D eigenvalue weighted by molar-refractivity contribution is -0.142. The van der Waals surface area contributed by atoms with Crippen molar-refractivity contribution in [2.24, 2.45) is 21.8 Å². The van der Waals surface area contributed by atoms with Gasteiger partial charge < -0.3 is 45.0 Å². The molecule has 76 heavy (non-hydrogen) atoms. The van der Waals surface area contributed by atoms with Crippen LogP contribution in [0.3, 0.4) is 0 Å². The maximum absolute atomic E-state index is 13.5. The summed E-state index contributed by atoms with van der Waals surface area (Å²) in [5, 5.41) is 19.1. The number of thiophene rings is 2. The molecule has 4 atom stereocenters. The van der Waals surface area contributed by atoms with Crippen LogP contribution >= 0.6 is 22.7 Å². The highest BCUT2D eigenvalue weighted by atomic mass is 32.1. The first-order valence-electron chi connectivity index (χ1n) is 27.3. The number of carbonyl (C=O) groups excluding carboxylic acids is 1. The molecule has 6 aliphatic heterocycles. The topological polar surface area (TPSA) is 180 Å². The van der Waals surface area contributed by atoms with Gasteiger partial charge in [-0.25, -0.2) is 19.9 Å². The number of piperidine rings is 2. The number of morpholine rings is 1. The van der Waals surface area contributed by atoms with Crippen molar-refractivity contribution in [2.45, 2.75) is 108 Å². The van der Waals surface area contributed by atoms with E-state index in [1.54, 1.807) is 35.3 Å². The quantitative estimate of drug-likeness (QED) is 0.120. The molecule has 2 bridgehead atoms. The van der Waals surface area contributed by atoms with Crippen LogP contribution in [-0.4, -0.2) is 156 Å². The molecule has 4 aromatic heterocycles. The number of ether oxygens (including phenoxy) is 1. The predicted molar refractivity (Wildman–Crippen MR) is 303 cm³/mol. The van der Waals surface area contributed by atoms with Crippen molar-refractivity contribution in [3.63, 3.8) is 0 Å². The molecular weight excluding hydrogens is 995 g/mol. The fourth-order valence-corrected chi connectivity index (χ4v) is 15.8. The van der Waals surface area contributed by atoms with E-state index in [1.165, 1.54) is 44.1 Å². The number of carbonyl (C=O) groups is 2. The van der Waals surface area contributed by atoms with Gasteiger partial charge in [-0.2, -0.15) is 0 Å². The molecule has 2 aromatic carbocycles. The zero-order valence-corrected chi connectivity index (χ0v) is 45.6. The first-order valence-corrected chi connectivity index (χ1v) is 29.0. The van der Waals surface area contributed by atoms with Crippen LogP contribution in [0, 0.1) is 11.8 Å². The summed E-state index contributed by atoms with van der Waals surface area (Å²) in [5.41, 5.74) is 12.0. The summed E-state index contributed by atoms with van der Waals surface area (Å²) in [6, 6.07) is 10.6. The lowest BCUT2D eigenvalue weighted by Gasteiger charge is -2.37. The van der Waals surface area contributed by atoms with Crippen molar-refractivity contribution in [3.8, 4) is 0 Å². The Morgan fingerprint density at radius 3 is 1.63 bits per heavy atom. The molecule has 396 valence electrons. The van der Waals surface area contributed by atoms with Crippen LogP contribution < -0.4 is 20.4 Å². The molecule has 4 saturated heterocycles. The fraction of sp³-hybridized carbons (Fsp3) is 0.509. The van der Waals surface area contributed by atoms with Crippen LogP contribution in [0.25, 0.3) is 20.4 Å². The number of rotatable bonds is 10. The number of carboxylic acids is 1. The highest BCUT2D eigenvalue weighted by Gasteiger charge is 2.44. The van der Waals surface area contributed by atoms with E-state index in [0.717, 1.165) is 157 Å². The molecule has 0 spiro atoms. The van der Waals surface area contributed by atoms with E-state index in [1.807, 2.05) is 12.4 Å². The van der Waals surface area contributed by atoms with E-state index in [2.05, 4.69) is 113 Å². The highest BCUT2D eigenvalue weighted by Crippen LogP contribution is 2.45. The van der Waals surface area contributed by atoms with Gasteiger partial charge in [0.05, 0.1) is 71.3 Å². The molecule has 2 aliphatic carbocycles. The molecule has 0 unspecified atom stereocenters. The number of aliphatic carboxylic acids is 1. The van der Waals surface area contributed by atoms with E-state index in [-0.39, 0.29) is 24.0 Å². The molecule has 10 heterocycles. The number of amides is 1. The molecule has 3 N–H and O–H groups in total. The number of likely N-dealkylation sites (tertiary alicyclic amines) is 1. The zero-order valence-electron chi connectivity index (χ0n) is 43.9. The number of aryl methyl sites for hydroxylation is 2. The van der Waals surface area contributed by atoms with Crippen molar-refractivity contribution in [1.29, 1.82) is 0 Å². The maximum Gasteiger partial charge on any atom is 0.306 e. The summed E-state index contributed by atoms with van der Waals surface area (Å²) < 4.78 is 5.74. The molecule has 8 aliphatic rings. The zero-order chi connectivity index (χ0) is 51.8. The number of hydrogen-bond acceptors (Lipinski definition) is 17. The van der Waals surface area contributed by atoms with Gasteiger partial charge in [-0.15, -0.1) is 22.7 Å². The number of carboxylic acid groups (broad SMARTS) is 1. The SMILES string of the molecule is CN(C)C1CCN(c2cc3c(cc2Nc2ncnc4sc5c(c24)CC[C@H](C(=O)N2C[C@@H]4C[C@H]2CO4)C5)C=NC3)CC1.CN(C)C1CCN(c2cc3c(cc2Nc2ncnc4sc5c(c24)CC[C@H](C(=O)O)C5)C=NC3)CC1. The maximum atomic E-state index is 13.5. The molecule has 1 amide bonds. The minimum Gasteiger partial charge on any atom is -0.481 e. The summed E-state index contributed by atoms with van der Waals surface area (Å²) in [6.45, 7) is 7.04. The minimum absolute atomic E-state index is 0.0481. The normalized spacial score (nSPS) is 22.8. The van der Waals surface area contributed by atoms with Crippen LogP contribution in [0.1, 0.15) is 88.1 Å². The lowest BCUT2D eigenvalue weighted by Crippen LogP contribution is -2.45. The first-order chi connectivity index (χ1) is 37.0. The average molecular weight is 1060 g/mol. The lowest BCUT2D eigenvalue weighted by atomic mass is 9.86. The Morgan fingerprint density at radius 2 is 1.17 bits per heavy atom. The number of aliphatic imine (C=N–C) groups is 2. The summed E-state index contributed by atoms with van der Waals surface area (Å²) in [6.07, 6.45) is 17.6. The molecular formula is C57H67N13O4S2. The third kappa shape index (κ3) is 9.28. The van der Waals surface area contributed by atoms with Gasteiger partial charge in [0.2, 0.25) is 5.91 Å². The van der Waals surface area contributed by atoms with Gasteiger partial charge in [0.1, 0.15) is 34.0 Å². The summed E-state index contributed by atoms with van der Waals surface area (Å²) in [7, 11) is 8.71. The third-order valence-electron chi connectivity index (χ3n) is 17.6. The summed E-state index contributed by atoms with van der Waals surface area (Å²) >= 11 is 3.35. The second-order valence-electron chi connectivity index (χ2n) is 22.6. The number of hydrogen-bond donors (Lipinski definition) is 3. The number of fused-ring (bicyclic) bond motifs is 10. The van der Waals surface area contributed by atoms with Crippen molar-refractivity contribution in [2.75, 3.05) is 88.0 Å². The molecule has 6 aromatic rings. The van der Waals surface area contributed by atoms with E-state index in [4.69, 9.17) is 9.72 Å². The van der Waals surface area contributed by atoms with E-state index in [9.17, 15) is 14.7 Å². The number of aromatic nitrogens is 4. The van der Waals surface area contributed by atoms with Crippen molar-refractivity contribution in [1.82, 2.24) is 34.6 Å². The average Bonchev–Trinajstić information content (AvgIpc) is 4.32. The van der Waals surface area contributed by atoms with Gasteiger partial charge in [-0.05, 0) is 156 Å². The van der Waals surface area contributed by atoms with Gasteiger partial charge >= 0.3 is 5.97 Å². The van der Waals surface area contributed by atoms with Gasteiger partial charge in [-0.3, -0.25) is 19.6 Å². The Labute approximate surface area is 451 Å². The monoisotopic (exact) mass is 1060 g/mol. The Morgan fingerprint density at radius 1 is 0.671 bits per heavy atom. The Hall–Kier alpha value is -6.12. The number of benzene rings is 2. The van der Waals surface area contributed by atoms with E-state index < -0.39 is 5.97 Å². The van der Waals surface area contributed by atoms with Crippen molar-refractivity contribution >= 4 is 102 Å². The van der Waals surface area contributed by atoms with Crippen LogP contribution in [0.15, 0.2) is 46.9 Å². The number of nitrogens with one attached hydrogen (secondary N) is 2. The number of anilines is 6. The van der Waals surface area contributed by atoms with Crippen LogP contribution in [0.5, 0.6) is 0 Å². The summed E-state index contributed by atoms with van der Waals surface area (Å²) in [4.78, 5) is 68.9.